The average molecular weight is 543 g/mol. The molecule has 0 radical (unpaired) electrons. The van der Waals surface area contributed by atoms with E-state index in [0.717, 1.165) is 60.4 Å². The molecule has 1 amide bonds. The number of amides is 1. The van der Waals surface area contributed by atoms with Crippen molar-refractivity contribution in [1.82, 2.24) is 4.90 Å². The smallest absolute Gasteiger partial charge is 0.416 e. The highest BCUT2D eigenvalue weighted by atomic mass is 19.4. The quantitative estimate of drug-likeness (QED) is 0.345. The molecule has 1 saturated carbocycles. The lowest BCUT2D eigenvalue weighted by Gasteiger charge is -2.31. The number of fused-ring (bicyclic) bond motifs is 1. The molecule has 0 heterocycles. The lowest BCUT2D eigenvalue weighted by Crippen LogP contribution is -2.32. The molecule has 208 valence electrons. The number of hydrogen-bond acceptors (Lipinski definition) is 2. The van der Waals surface area contributed by atoms with Gasteiger partial charge in [0.1, 0.15) is 0 Å². The molecule has 0 unspecified atom stereocenters. The molecule has 4 nitrogen and oxygen atoms in total. The van der Waals surface area contributed by atoms with Gasteiger partial charge in [-0.2, -0.15) is 26.3 Å². The Hall–Kier alpha value is -2.91. The minimum absolute atomic E-state index is 0.0510. The SMILES string of the molecule is CCN(CC1CCCC1)c1cc2c(cc1CN(Cc1cc(C(F)(F)F)cc(C(F)(F)F)c1)C(=O)O)CCC2. The van der Waals surface area contributed by atoms with E-state index in [0.29, 0.717) is 24.6 Å². The Balaban J connectivity index is 1.67. The largest absolute Gasteiger partial charge is 0.465 e. The number of rotatable bonds is 8. The number of hydrogen-bond donors (Lipinski definition) is 1. The van der Waals surface area contributed by atoms with Gasteiger partial charge in [-0.25, -0.2) is 4.79 Å². The fraction of sp³-hybridized carbons (Fsp3) is 0.536. The number of carboxylic acid groups (broad SMARTS) is 1. The van der Waals surface area contributed by atoms with Gasteiger partial charge >= 0.3 is 18.4 Å². The fourth-order valence-corrected chi connectivity index (χ4v) is 5.71. The first-order valence-electron chi connectivity index (χ1n) is 13.0. The molecule has 0 bridgehead atoms. The molecule has 10 heteroatoms. The Bertz CT molecular complexity index is 1120. The number of halogens is 6. The van der Waals surface area contributed by atoms with E-state index < -0.39 is 36.1 Å². The second-order valence-electron chi connectivity index (χ2n) is 10.3. The van der Waals surface area contributed by atoms with Crippen LogP contribution in [0.25, 0.3) is 0 Å². The van der Waals surface area contributed by atoms with E-state index in [1.807, 2.05) is 13.0 Å². The van der Waals surface area contributed by atoms with Crippen molar-refractivity contribution in [3.63, 3.8) is 0 Å². The second-order valence-corrected chi connectivity index (χ2v) is 10.3. The summed E-state index contributed by atoms with van der Waals surface area (Å²) >= 11 is 0. The molecule has 0 atom stereocenters. The zero-order valence-electron chi connectivity index (χ0n) is 21.3. The maximum absolute atomic E-state index is 13.4. The van der Waals surface area contributed by atoms with E-state index in [2.05, 4.69) is 11.0 Å². The molecule has 2 aromatic rings. The number of benzene rings is 2. The third kappa shape index (κ3) is 6.56. The zero-order chi connectivity index (χ0) is 27.7. The summed E-state index contributed by atoms with van der Waals surface area (Å²) in [6, 6.07) is 5.30. The lowest BCUT2D eigenvalue weighted by molar-refractivity contribution is -0.143. The van der Waals surface area contributed by atoms with E-state index in [9.17, 15) is 36.2 Å². The van der Waals surface area contributed by atoms with E-state index in [1.165, 1.54) is 18.4 Å². The summed E-state index contributed by atoms with van der Waals surface area (Å²) in [4.78, 5) is 15.3. The molecule has 0 saturated heterocycles. The molecule has 0 spiro atoms. The van der Waals surface area contributed by atoms with Crippen molar-refractivity contribution in [2.45, 2.75) is 77.3 Å². The molecule has 0 aliphatic heterocycles. The molecule has 2 aliphatic rings. The molecule has 38 heavy (non-hydrogen) atoms. The molecular formula is C28H32F6N2O2. The van der Waals surface area contributed by atoms with E-state index in [1.54, 1.807) is 0 Å². The van der Waals surface area contributed by atoms with Crippen molar-refractivity contribution in [1.29, 1.82) is 0 Å². The number of aryl methyl sites for hydroxylation is 2. The number of anilines is 1. The van der Waals surface area contributed by atoms with Gasteiger partial charge in [0.25, 0.3) is 0 Å². The highest BCUT2D eigenvalue weighted by Gasteiger charge is 2.37. The lowest BCUT2D eigenvalue weighted by atomic mass is 10.0. The van der Waals surface area contributed by atoms with Crippen LogP contribution in [-0.4, -0.2) is 29.2 Å². The summed E-state index contributed by atoms with van der Waals surface area (Å²) in [6.45, 7) is 2.82. The minimum Gasteiger partial charge on any atom is -0.465 e. The third-order valence-electron chi connectivity index (χ3n) is 7.62. The third-order valence-corrected chi connectivity index (χ3v) is 7.62. The number of alkyl halides is 6. The molecule has 2 aliphatic carbocycles. The van der Waals surface area contributed by atoms with Crippen molar-refractivity contribution in [3.05, 3.63) is 63.7 Å². The first-order valence-corrected chi connectivity index (χ1v) is 13.0. The Morgan fingerprint density at radius 1 is 0.868 bits per heavy atom. The van der Waals surface area contributed by atoms with Crippen LogP contribution in [0.2, 0.25) is 0 Å². The van der Waals surface area contributed by atoms with Crippen LogP contribution in [0.3, 0.4) is 0 Å². The highest BCUT2D eigenvalue weighted by molar-refractivity contribution is 5.67. The Morgan fingerprint density at radius 3 is 1.97 bits per heavy atom. The summed E-state index contributed by atoms with van der Waals surface area (Å²) in [5.74, 6) is 0.539. The summed E-state index contributed by atoms with van der Waals surface area (Å²) in [5, 5.41) is 9.93. The zero-order valence-corrected chi connectivity index (χ0v) is 21.3. The van der Waals surface area contributed by atoms with E-state index >= 15 is 0 Å². The van der Waals surface area contributed by atoms with Gasteiger partial charge in [-0.15, -0.1) is 0 Å². The standard InChI is InChI=1S/C28H32F6N2O2/c1-2-35(15-18-6-3-4-7-18)25-13-21-9-5-8-20(21)12-22(25)17-36(26(37)38)16-19-10-23(27(29,30)31)14-24(11-19)28(32,33)34/h10-14,18H,2-9,15-17H2,1H3,(H,37,38). The Kier molecular flexibility index (Phi) is 8.18. The van der Waals surface area contributed by atoms with Crippen LogP contribution in [-0.2, 0) is 38.3 Å². The average Bonchev–Trinajstić information content (AvgIpc) is 3.52. The van der Waals surface area contributed by atoms with Crippen LogP contribution in [0.1, 0.15) is 72.4 Å². The Morgan fingerprint density at radius 2 is 1.45 bits per heavy atom. The maximum Gasteiger partial charge on any atom is 0.416 e. The topological polar surface area (TPSA) is 43.8 Å². The molecular weight excluding hydrogens is 510 g/mol. The summed E-state index contributed by atoms with van der Waals surface area (Å²) in [7, 11) is 0. The minimum atomic E-state index is -5.00. The maximum atomic E-state index is 13.4. The highest BCUT2D eigenvalue weighted by Crippen LogP contribution is 2.38. The molecule has 1 N–H and O–H groups in total. The van der Waals surface area contributed by atoms with Crippen LogP contribution in [0.4, 0.5) is 36.8 Å². The van der Waals surface area contributed by atoms with Crippen molar-refractivity contribution in [2.24, 2.45) is 5.92 Å². The summed E-state index contributed by atoms with van der Waals surface area (Å²) < 4.78 is 80.1. The molecule has 4 rings (SSSR count). The summed E-state index contributed by atoms with van der Waals surface area (Å²) in [6.07, 6.45) is -4.01. The van der Waals surface area contributed by atoms with Crippen LogP contribution in [0, 0.1) is 5.92 Å². The van der Waals surface area contributed by atoms with Gasteiger partial charge in [-0.1, -0.05) is 18.9 Å². The molecule has 0 aromatic heterocycles. The summed E-state index contributed by atoms with van der Waals surface area (Å²) in [5.41, 5.74) is 0.657. The van der Waals surface area contributed by atoms with Gasteiger partial charge in [0.15, 0.2) is 0 Å². The van der Waals surface area contributed by atoms with Gasteiger partial charge in [-0.05, 0) is 91.5 Å². The molecule has 1 fully saturated rings. The van der Waals surface area contributed by atoms with Gasteiger partial charge in [0.05, 0.1) is 17.7 Å². The van der Waals surface area contributed by atoms with Gasteiger partial charge in [0, 0.05) is 25.3 Å². The number of nitrogens with zero attached hydrogens (tertiary/aromatic N) is 2. The van der Waals surface area contributed by atoms with Crippen molar-refractivity contribution >= 4 is 11.8 Å². The van der Waals surface area contributed by atoms with Gasteiger partial charge in [0.2, 0.25) is 0 Å². The van der Waals surface area contributed by atoms with Crippen LogP contribution in [0.15, 0.2) is 30.3 Å². The van der Waals surface area contributed by atoms with E-state index in [4.69, 9.17) is 0 Å². The monoisotopic (exact) mass is 542 g/mol. The van der Waals surface area contributed by atoms with Crippen LogP contribution >= 0.6 is 0 Å². The van der Waals surface area contributed by atoms with Crippen molar-refractivity contribution in [2.75, 3.05) is 18.0 Å². The van der Waals surface area contributed by atoms with Crippen LogP contribution in [0.5, 0.6) is 0 Å². The predicted molar refractivity (Wildman–Crippen MR) is 132 cm³/mol. The normalized spacial score (nSPS) is 16.1. The predicted octanol–water partition coefficient (Wildman–Crippen LogP) is 7.91. The number of carbonyl (C=O) groups is 1. The van der Waals surface area contributed by atoms with Gasteiger partial charge in [-0.3, -0.25) is 4.90 Å². The fourth-order valence-electron chi connectivity index (χ4n) is 5.71. The molecule has 2 aromatic carbocycles. The first kappa shape index (κ1) is 28.1. The van der Waals surface area contributed by atoms with E-state index in [-0.39, 0.29) is 18.2 Å². The Labute approximate surface area is 218 Å². The van der Waals surface area contributed by atoms with Crippen molar-refractivity contribution in [3.8, 4) is 0 Å². The van der Waals surface area contributed by atoms with Crippen LogP contribution < -0.4 is 4.90 Å². The second kappa shape index (κ2) is 11.1. The van der Waals surface area contributed by atoms with Gasteiger partial charge < -0.3 is 10.0 Å². The first-order chi connectivity index (χ1) is 17.8. The van der Waals surface area contributed by atoms with Crippen molar-refractivity contribution < 1.29 is 36.2 Å².